The fraction of sp³-hybridized carbons (Fsp3) is 0.432. The van der Waals surface area contributed by atoms with Gasteiger partial charge >= 0.3 is 5.97 Å². The second-order valence-corrected chi connectivity index (χ2v) is 18.1. The molecular weight excluding hydrogens is 581 g/mol. The summed E-state index contributed by atoms with van der Waals surface area (Å²) in [6.45, 7) is 16.6. The Morgan fingerprint density at radius 1 is 1.00 bits per heavy atom. The molecule has 242 valence electrons. The summed E-state index contributed by atoms with van der Waals surface area (Å²) in [7, 11) is -0.226. The average molecular weight is 631 g/mol. The number of rotatable bonds is 14. The molecule has 8 heteroatoms. The normalized spacial score (nSPS) is 13.5. The highest BCUT2D eigenvalue weighted by molar-refractivity contribution is 6.74. The van der Waals surface area contributed by atoms with E-state index in [4.69, 9.17) is 13.9 Å². The minimum atomic E-state index is -2.12. The number of carbonyl (C=O) groups excluding carboxylic acids is 1. The largest absolute Gasteiger partial charge is 0.489 e. The molecule has 0 bridgehead atoms. The molecule has 7 nitrogen and oxygen atoms in total. The molecule has 2 N–H and O–H groups in total. The second kappa shape index (κ2) is 14.8. The molecule has 3 aromatic carbocycles. The molecule has 0 fully saturated rings. The zero-order chi connectivity index (χ0) is 32.8. The van der Waals surface area contributed by atoms with Gasteiger partial charge < -0.3 is 28.9 Å². The van der Waals surface area contributed by atoms with Gasteiger partial charge in [-0.25, -0.2) is 4.79 Å². The van der Waals surface area contributed by atoms with Crippen LogP contribution < -0.4 is 10.1 Å². The number of nitrogens with one attached hydrogen (secondary N) is 1. The molecule has 0 saturated carbocycles. The molecule has 0 aliphatic heterocycles. The smallest absolute Gasteiger partial charge is 0.354 e. The Morgan fingerprint density at radius 2 is 1.73 bits per heavy atom. The van der Waals surface area contributed by atoms with Gasteiger partial charge in [0.05, 0.1) is 19.3 Å². The van der Waals surface area contributed by atoms with Crippen LogP contribution in [0.3, 0.4) is 0 Å². The SMILES string of the molecule is CCOC(=O)c1cc2cc(CC(C)NCC(O[Si](C)(C)C(C)(C)C)c3ccc(OCc4ccccc4)c(CO)c3)ccc2n1C. The van der Waals surface area contributed by atoms with Gasteiger partial charge in [-0.3, -0.25) is 0 Å². The first-order valence-corrected chi connectivity index (χ1v) is 18.8. The fourth-order valence-corrected chi connectivity index (χ4v) is 6.50. The summed E-state index contributed by atoms with van der Waals surface area (Å²) in [5.74, 6) is 0.376. The summed E-state index contributed by atoms with van der Waals surface area (Å²) < 4.78 is 20.2. The van der Waals surface area contributed by atoms with Gasteiger partial charge in [-0.1, -0.05) is 63.2 Å². The third-order valence-electron chi connectivity index (χ3n) is 8.89. The number of aliphatic hydroxyl groups excluding tert-OH is 1. The molecule has 1 aromatic heterocycles. The highest BCUT2D eigenvalue weighted by atomic mass is 28.4. The van der Waals surface area contributed by atoms with Crippen LogP contribution in [-0.2, 0) is 35.8 Å². The second-order valence-electron chi connectivity index (χ2n) is 13.4. The van der Waals surface area contributed by atoms with Crippen molar-refractivity contribution in [3.63, 3.8) is 0 Å². The maximum absolute atomic E-state index is 12.4. The number of fused-ring (bicyclic) bond motifs is 1. The average Bonchev–Trinajstić information content (AvgIpc) is 3.33. The molecule has 4 rings (SSSR count). The summed E-state index contributed by atoms with van der Waals surface area (Å²) in [5.41, 5.74) is 5.59. The van der Waals surface area contributed by atoms with Crippen LogP contribution in [0.15, 0.2) is 72.8 Å². The Hall–Kier alpha value is -3.43. The number of aliphatic hydroxyl groups is 1. The first-order valence-electron chi connectivity index (χ1n) is 15.9. The number of aryl methyl sites for hydroxylation is 1. The molecule has 0 aliphatic rings. The van der Waals surface area contributed by atoms with Crippen molar-refractivity contribution in [2.24, 2.45) is 7.05 Å². The van der Waals surface area contributed by atoms with Crippen LogP contribution >= 0.6 is 0 Å². The van der Waals surface area contributed by atoms with Crippen LogP contribution in [0.25, 0.3) is 10.9 Å². The molecule has 0 saturated heterocycles. The van der Waals surface area contributed by atoms with Gasteiger partial charge in [-0.15, -0.1) is 0 Å². The van der Waals surface area contributed by atoms with E-state index in [1.807, 2.05) is 67.1 Å². The number of nitrogens with zero attached hydrogens (tertiary/aromatic N) is 1. The molecule has 2 unspecified atom stereocenters. The summed E-state index contributed by atoms with van der Waals surface area (Å²) in [6, 6.07) is 24.5. The Kier molecular flexibility index (Phi) is 11.3. The Labute approximate surface area is 269 Å². The Morgan fingerprint density at radius 3 is 2.40 bits per heavy atom. The van der Waals surface area contributed by atoms with Gasteiger partial charge in [0.1, 0.15) is 18.1 Å². The fourth-order valence-electron chi connectivity index (χ4n) is 5.22. The monoisotopic (exact) mass is 630 g/mol. The van der Waals surface area contributed by atoms with E-state index >= 15 is 0 Å². The van der Waals surface area contributed by atoms with E-state index in [1.54, 1.807) is 0 Å². The minimum absolute atomic E-state index is 0.0446. The lowest BCUT2D eigenvalue weighted by Crippen LogP contribution is -2.44. The molecule has 0 spiro atoms. The first kappa shape index (κ1) is 34.4. The number of ether oxygens (including phenoxy) is 2. The van der Waals surface area contributed by atoms with E-state index < -0.39 is 8.32 Å². The zero-order valence-electron chi connectivity index (χ0n) is 28.1. The lowest BCUT2D eigenvalue weighted by molar-refractivity contribution is 0.0516. The van der Waals surface area contributed by atoms with Crippen LogP contribution in [0.4, 0.5) is 0 Å². The highest BCUT2D eigenvalue weighted by Crippen LogP contribution is 2.40. The highest BCUT2D eigenvalue weighted by Gasteiger charge is 2.39. The maximum atomic E-state index is 12.4. The van der Waals surface area contributed by atoms with Crippen LogP contribution in [-0.4, -0.2) is 43.2 Å². The summed E-state index contributed by atoms with van der Waals surface area (Å²) in [6.07, 6.45) is 0.631. The minimum Gasteiger partial charge on any atom is -0.489 e. The van der Waals surface area contributed by atoms with E-state index in [9.17, 15) is 9.90 Å². The first-order chi connectivity index (χ1) is 21.3. The zero-order valence-corrected chi connectivity index (χ0v) is 29.1. The van der Waals surface area contributed by atoms with E-state index in [0.29, 0.717) is 31.2 Å². The molecule has 0 radical (unpaired) electrons. The van der Waals surface area contributed by atoms with Crippen molar-refractivity contribution in [1.29, 1.82) is 0 Å². The Bertz CT molecular complexity index is 1580. The Balaban J connectivity index is 1.50. The van der Waals surface area contributed by atoms with Crippen molar-refractivity contribution in [3.05, 3.63) is 101 Å². The molecular formula is C37H50N2O5Si. The number of benzene rings is 3. The van der Waals surface area contributed by atoms with Gasteiger partial charge in [0, 0.05) is 36.1 Å². The van der Waals surface area contributed by atoms with Crippen molar-refractivity contribution < 1.29 is 23.8 Å². The van der Waals surface area contributed by atoms with Gasteiger partial charge in [0.2, 0.25) is 0 Å². The quantitative estimate of drug-likeness (QED) is 0.110. The van der Waals surface area contributed by atoms with Crippen molar-refractivity contribution in [2.75, 3.05) is 13.2 Å². The third kappa shape index (κ3) is 8.64. The number of hydrogen-bond donors (Lipinski definition) is 2. The van der Waals surface area contributed by atoms with Crippen molar-refractivity contribution in [3.8, 4) is 5.75 Å². The molecule has 45 heavy (non-hydrogen) atoms. The predicted molar refractivity (Wildman–Crippen MR) is 184 cm³/mol. The number of esters is 1. The summed E-state index contributed by atoms with van der Waals surface area (Å²) >= 11 is 0. The van der Waals surface area contributed by atoms with Gasteiger partial charge in [0.25, 0.3) is 0 Å². The lowest BCUT2D eigenvalue weighted by atomic mass is 10.0. The molecule has 0 amide bonds. The van der Waals surface area contributed by atoms with Crippen LogP contribution in [0.2, 0.25) is 18.1 Å². The number of hydrogen-bond acceptors (Lipinski definition) is 6. The predicted octanol–water partition coefficient (Wildman–Crippen LogP) is 7.71. The van der Waals surface area contributed by atoms with Crippen molar-refractivity contribution in [2.45, 2.75) is 84.5 Å². The van der Waals surface area contributed by atoms with Gasteiger partial charge in [-0.05, 0) is 85.4 Å². The standard InChI is InChI=1S/C37H50N2O5Si/c1-9-42-36(41)33-22-30-20-28(15-17-32(30)39(33)6)19-26(2)38-23-35(44-45(7,8)37(3,4)5)29-16-18-34(31(21-29)24-40)43-25-27-13-11-10-12-14-27/h10-18,20-22,26,35,38,40H,9,19,23-25H2,1-8H3. The summed E-state index contributed by atoms with van der Waals surface area (Å²) in [4.78, 5) is 12.4. The van der Waals surface area contributed by atoms with Gasteiger partial charge in [0.15, 0.2) is 8.32 Å². The van der Waals surface area contributed by atoms with Gasteiger partial charge in [-0.2, -0.15) is 0 Å². The van der Waals surface area contributed by atoms with E-state index in [0.717, 1.165) is 34.0 Å². The molecule has 1 heterocycles. The molecule has 4 aromatic rings. The number of aromatic nitrogens is 1. The summed E-state index contributed by atoms with van der Waals surface area (Å²) in [5, 5.41) is 15.1. The number of carbonyl (C=O) groups is 1. The van der Waals surface area contributed by atoms with Crippen LogP contribution in [0.1, 0.15) is 73.5 Å². The topological polar surface area (TPSA) is 82.0 Å². The van der Waals surface area contributed by atoms with Crippen molar-refractivity contribution in [1.82, 2.24) is 9.88 Å². The van der Waals surface area contributed by atoms with Crippen molar-refractivity contribution >= 4 is 25.2 Å². The maximum Gasteiger partial charge on any atom is 0.354 e. The lowest BCUT2D eigenvalue weighted by Gasteiger charge is -2.40. The van der Waals surface area contributed by atoms with E-state index in [1.165, 1.54) is 5.56 Å². The third-order valence-corrected chi connectivity index (χ3v) is 13.4. The molecule has 2 atom stereocenters. The van der Waals surface area contributed by atoms with Crippen LogP contribution in [0, 0.1) is 0 Å². The molecule has 0 aliphatic carbocycles. The van der Waals surface area contributed by atoms with E-state index in [2.05, 4.69) is 70.4 Å². The van der Waals surface area contributed by atoms with E-state index in [-0.39, 0.29) is 29.8 Å². The van der Waals surface area contributed by atoms with Crippen LogP contribution in [0.5, 0.6) is 5.75 Å².